The predicted molar refractivity (Wildman–Crippen MR) is 112 cm³/mol. The Bertz CT molecular complexity index is 1070. The molecule has 0 aromatic heterocycles. The Morgan fingerprint density at radius 1 is 0.964 bits per heavy atom. The van der Waals surface area contributed by atoms with Crippen LogP contribution in [0.25, 0.3) is 0 Å². The van der Waals surface area contributed by atoms with Crippen molar-refractivity contribution in [1.82, 2.24) is 0 Å². The minimum atomic E-state index is 0.0502. The normalized spacial score (nSPS) is 12.6. The molecular weight excluding hydrogens is 370 g/mol. The van der Waals surface area contributed by atoms with E-state index in [0.717, 1.165) is 33.7 Å². The van der Waals surface area contributed by atoms with E-state index in [1.165, 1.54) is 0 Å². The van der Waals surface area contributed by atoms with Gasteiger partial charge in [0, 0.05) is 17.7 Å². The summed E-state index contributed by atoms with van der Waals surface area (Å²) in [6.07, 6.45) is 1.21. The van der Waals surface area contributed by atoms with E-state index in [9.17, 15) is 9.00 Å². The molecule has 140 valence electrons. The number of fused-ring (bicyclic) bond motifs is 1. The smallest absolute Gasteiger partial charge is 0.224 e. The number of rotatable bonds is 5. The number of nitrogens with one attached hydrogen (secondary N) is 1. The number of anilines is 1. The Morgan fingerprint density at radius 3 is 2.57 bits per heavy atom. The van der Waals surface area contributed by atoms with Crippen LogP contribution in [0.5, 0.6) is 5.75 Å². The quantitative estimate of drug-likeness (QED) is 0.531. The molecule has 4 rings (SSSR count). The third kappa shape index (κ3) is 3.89. The molecular formula is C23H19NO3S. The Balaban J connectivity index is 1.57. The van der Waals surface area contributed by atoms with Gasteiger partial charge in [0.05, 0.1) is 16.1 Å². The maximum absolute atomic E-state index is 11.8. The summed E-state index contributed by atoms with van der Waals surface area (Å²) in [6, 6.07) is 23.2. The second-order valence-corrected chi connectivity index (χ2v) is 7.17. The van der Waals surface area contributed by atoms with Crippen LogP contribution in [0.1, 0.15) is 28.7 Å². The number of aryl methyl sites for hydroxylation is 1. The summed E-state index contributed by atoms with van der Waals surface area (Å²) in [6.45, 7) is 0.359. The second kappa shape index (κ2) is 8.23. The molecule has 3 aromatic rings. The van der Waals surface area contributed by atoms with E-state index in [1.807, 2.05) is 72.8 Å². The van der Waals surface area contributed by atoms with Crippen LogP contribution in [0.15, 0.2) is 72.8 Å². The molecule has 5 heteroatoms. The zero-order valence-electron chi connectivity index (χ0n) is 15.2. The summed E-state index contributed by atoms with van der Waals surface area (Å²) in [5.41, 5.74) is 4.68. The van der Waals surface area contributed by atoms with Crippen molar-refractivity contribution in [2.24, 2.45) is 0 Å². The van der Waals surface area contributed by atoms with Gasteiger partial charge in [-0.25, -0.2) is 4.21 Å². The van der Waals surface area contributed by atoms with Gasteiger partial charge in [0.2, 0.25) is 5.91 Å². The summed E-state index contributed by atoms with van der Waals surface area (Å²) in [4.78, 5) is 12.2. The molecule has 1 amide bonds. The lowest BCUT2D eigenvalue weighted by atomic mass is 10.00. The first-order valence-corrected chi connectivity index (χ1v) is 9.85. The zero-order chi connectivity index (χ0) is 19.3. The summed E-state index contributed by atoms with van der Waals surface area (Å²) in [5, 5.41) is 2.88. The van der Waals surface area contributed by atoms with E-state index in [4.69, 9.17) is 4.74 Å². The lowest BCUT2D eigenvalue weighted by Crippen LogP contribution is -2.18. The first-order chi connectivity index (χ1) is 13.7. The molecule has 3 aromatic carbocycles. The van der Waals surface area contributed by atoms with Gasteiger partial charge >= 0.3 is 0 Å². The van der Waals surface area contributed by atoms with Crippen LogP contribution in [0.2, 0.25) is 0 Å². The second-order valence-electron chi connectivity index (χ2n) is 6.59. The number of carbonyl (C=O) groups excluding carboxylic acids is 1. The molecule has 0 spiro atoms. The van der Waals surface area contributed by atoms with Crippen molar-refractivity contribution in [3.63, 3.8) is 0 Å². The van der Waals surface area contributed by atoms with Crippen molar-refractivity contribution >= 4 is 27.7 Å². The molecule has 28 heavy (non-hydrogen) atoms. The van der Waals surface area contributed by atoms with Crippen molar-refractivity contribution < 1.29 is 13.7 Å². The molecule has 0 aliphatic carbocycles. The molecule has 0 saturated carbocycles. The molecule has 1 aliphatic rings. The fraction of sp³-hybridized carbons (Fsp3) is 0.130. The Hall–Kier alpha value is -3.18. The van der Waals surface area contributed by atoms with Crippen LogP contribution in [0.4, 0.5) is 5.69 Å². The summed E-state index contributed by atoms with van der Waals surface area (Å²) < 4.78 is 17.9. The number of carbonyl (C=O) groups is 1. The number of benzene rings is 3. The van der Waals surface area contributed by atoms with Gasteiger partial charge in [0.1, 0.15) is 12.4 Å². The Labute approximate surface area is 167 Å². The maximum atomic E-state index is 11.8. The summed E-state index contributed by atoms with van der Waals surface area (Å²) in [5.74, 6) is 0.801. The lowest BCUT2D eigenvalue weighted by molar-refractivity contribution is -0.116. The topological polar surface area (TPSA) is 55.4 Å². The number of hydrogen-bond acceptors (Lipinski definition) is 3. The van der Waals surface area contributed by atoms with E-state index in [1.54, 1.807) is 0 Å². The molecule has 0 fully saturated rings. The van der Waals surface area contributed by atoms with Crippen molar-refractivity contribution in [2.45, 2.75) is 19.4 Å². The van der Waals surface area contributed by atoms with Gasteiger partial charge < -0.3 is 10.1 Å². The van der Waals surface area contributed by atoms with Crippen LogP contribution < -0.4 is 10.1 Å². The van der Waals surface area contributed by atoms with Gasteiger partial charge in [-0.3, -0.25) is 4.79 Å². The highest BCUT2D eigenvalue weighted by molar-refractivity contribution is 7.67. The molecule has 0 bridgehead atoms. The molecule has 1 N–H and O–H groups in total. The van der Waals surface area contributed by atoms with Gasteiger partial charge in [-0.15, -0.1) is 0 Å². The lowest BCUT2D eigenvalue weighted by Gasteiger charge is -2.18. The average molecular weight is 389 g/mol. The standard InChI is InChI=1S/C23H19NO3S/c25-22-13-10-17-14-19(11-12-21(17)24-22)27-15-18-8-4-5-9-20(18)23(28-26)16-6-2-1-3-7-16/h1-9,11-12,14H,10,13,15H2,(H,24,25). The molecule has 0 saturated heterocycles. The van der Waals surface area contributed by atoms with E-state index in [-0.39, 0.29) is 5.91 Å². The van der Waals surface area contributed by atoms with Crippen LogP contribution in [0.3, 0.4) is 0 Å². The monoisotopic (exact) mass is 389 g/mol. The largest absolute Gasteiger partial charge is 0.489 e. The molecule has 4 nitrogen and oxygen atoms in total. The summed E-state index contributed by atoms with van der Waals surface area (Å²) >= 11 is 0.502. The molecule has 1 aliphatic heterocycles. The Kier molecular flexibility index (Phi) is 5.35. The number of hydrogen-bond donors (Lipinski definition) is 1. The highest BCUT2D eigenvalue weighted by atomic mass is 32.1. The van der Waals surface area contributed by atoms with Crippen LogP contribution >= 0.6 is 0 Å². The fourth-order valence-corrected chi connectivity index (χ4v) is 3.84. The molecule has 1 heterocycles. The van der Waals surface area contributed by atoms with E-state index in [2.05, 4.69) is 5.32 Å². The van der Waals surface area contributed by atoms with E-state index >= 15 is 0 Å². The average Bonchev–Trinajstić information content (AvgIpc) is 2.74. The number of amides is 1. The summed E-state index contributed by atoms with van der Waals surface area (Å²) in [7, 11) is 0. The molecule has 0 radical (unpaired) electrons. The van der Waals surface area contributed by atoms with Crippen molar-refractivity contribution in [2.75, 3.05) is 5.32 Å². The third-order valence-electron chi connectivity index (χ3n) is 4.75. The first kappa shape index (κ1) is 18.2. The van der Waals surface area contributed by atoms with Crippen molar-refractivity contribution in [1.29, 1.82) is 0 Å². The Morgan fingerprint density at radius 2 is 1.75 bits per heavy atom. The fourth-order valence-electron chi connectivity index (χ4n) is 3.32. The highest BCUT2D eigenvalue weighted by Gasteiger charge is 2.16. The van der Waals surface area contributed by atoms with E-state index < -0.39 is 0 Å². The zero-order valence-corrected chi connectivity index (χ0v) is 16.0. The van der Waals surface area contributed by atoms with Gasteiger partial charge in [-0.1, -0.05) is 54.6 Å². The first-order valence-electron chi connectivity index (χ1n) is 9.10. The minimum absolute atomic E-state index is 0.0502. The highest BCUT2D eigenvalue weighted by Crippen LogP contribution is 2.27. The molecule has 0 atom stereocenters. The van der Waals surface area contributed by atoms with Crippen molar-refractivity contribution in [3.05, 3.63) is 95.1 Å². The van der Waals surface area contributed by atoms with E-state index in [0.29, 0.717) is 35.6 Å². The predicted octanol–water partition coefficient (Wildman–Crippen LogP) is 3.93. The van der Waals surface area contributed by atoms with Crippen LogP contribution in [-0.4, -0.2) is 15.0 Å². The van der Waals surface area contributed by atoms with Crippen LogP contribution in [0, 0.1) is 0 Å². The van der Waals surface area contributed by atoms with Gasteiger partial charge in [0.15, 0.2) is 0 Å². The maximum Gasteiger partial charge on any atom is 0.224 e. The van der Waals surface area contributed by atoms with Gasteiger partial charge in [-0.05, 0) is 41.3 Å². The third-order valence-corrected chi connectivity index (χ3v) is 5.37. The minimum Gasteiger partial charge on any atom is -0.489 e. The number of ether oxygens (including phenoxy) is 1. The SMILES string of the molecule is O=S=C(c1ccccc1)c1ccccc1COc1ccc2c(c1)CCC(=O)N2. The molecule has 0 unspecified atom stereocenters. The van der Waals surface area contributed by atoms with Gasteiger partial charge in [-0.2, -0.15) is 0 Å². The van der Waals surface area contributed by atoms with Gasteiger partial charge in [0.25, 0.3) is 0 Å². The van der Waals surface area contributed by atoms with Crippen molar-refractivity contribution in [3.8, 4) is 5.75 Å². The van der Waals surface area contributed by atoms with Crippen LogP contribution in [-0.2, 0) is 29.1 Å².